The summed E-state index contributed by atoms with van der Waals surface area (Å²) in [6.07, 6.45) is 7.37. The summed E-state index contributed by atoms with van der Waals surface area (Å²) in [5, 5.41) is 17.2. The van der Waals surface area contributed by atoms with Crippen LogP contribution >= 0.6 is 0 Å². The second-order valence-electron chi connectivity index (χ2n) is 6.26. The fourth-order valence-electron chi connectivity index (χ4n) is 3.09. The lowest BCUT2D eigenvalue weighted by Crippen LogP contribution is -2.20. The molecule has 9 heteroatoms. The minimum absolute atomic E-state index is 0.0798. The Hall–Kier alpha value is -2.84. The topological polar surface area (TPSA) is 93.0 Å². The van der Waals surface area contributed by atoms with Gasteiger partial charge in [-0.2, -0.15) is 0 Å². The van der Waals surface area contributed by atoms with Crippen molar-refractivity contribution < 1.29 is 13.7 Å². The summed E-state index contributed by atoms with van der Waals surface area (Å²) in [6.45, 7) is 0. The fourth-order valence-corrected chi connectivity index (χ4v) is 3.09. The van der Waals surface area contributed by atoms with Gasteiger partial charge in [-0.3, -0.25) is 10.1 Å². The molecule has 7 nitrogen and oxygen atoms in total. The zero-order valence-corrected chi connectivity index (χ0v) is 14.0. The van der Waals surface area contributed by atoms with Crippen molar-refractivity contribution in [3.05, 3.63) is 46.3 Å². The maximum atomic E-state index is 13.8. The third kappa shape index (κ3) is 4.22. The van der Waals surface area contributed by atoms with Crippen LogP contribution in [0, 0.1) is 21.7 Å². The number of halogens is 2. The Bertz CT molecular complexity index is 795. The summed E-state index contributed by atoms with van der Waals surface area (Å²) in [6, 6.07) is 2.91. The normalized spacial score (nSPS) is 15.3. The van der Waals surface area contributed by atoms with E-state index >= 15 is 0 Å². The van der Waals surface area contributed by atoms with Crippen molar-refractivity contribution in [3.8, 4) is 0 Å². The first kappa shape index (κ1) is 18.0. The molecule has 1 fully saturated rings. The van der Waals surface area contributed by atoms with Crippen LogP contribution in [0.2, 0.25) is 0 Å². The Morgan fingerprint density at radius 1 is 1.08 bits per heavy atom. The standard InChI is InChI=1S/C17H19F2N5O2/c18-11-7-8-13(19)14(9-11)23-17-15(24(25)26)16(20-10-21-17)22-12-5-3-1-2-4-6-12/h7-10,12H,1-6H2,(H2,20,21,22,23). The fraction of sp³-hybridized carbons (Fsp3) is 0.412. The molecule has 0 radical (unpaired) electrons. The third-order valence-electron chi connectivity index (χ3n) is 4.38. The minimum Gasteiger partial charge on any atom is -0.361 e. The van der Waals surface area contributed by atoms with Crippen LogP contribution in [0.1, 0.15) is 38.5 Å². The molecule has 0 atom stereocenters. The lowest BCUT2D eigenvalue weighted by atomic mass is 10.1. The third-order valence-corrected chi connectivity index (χ3v) is 4.38. The van der Waals surface area contributed by atoms with Crippen molar-refractivity contribution in [2.24, 2.45) is 0 Å². The predicted molar refractivity (Wildman–Crippen MR) is 93.4 cm³/mol. The number of hydrogen-bond acceptors (Lipinski definition) is 6. The minimum atomic E-state index is -0.738. The number of nitrogens with one attached hydrogen (secondary N) is 2. The van der Waals surface area contributed by atoms with Crippen molar-refractivity contribution in [2.45, 2.75) is 44.6 Å². The van der Waals surface area contributed by atoms with E-state index in [1.54, 1.807) is 0 Å². The first-order valence-corrected chi connectivity index (χ1v) is 8.52. The summed E-state index contributed by atoms with van der Waals surface area (Å²) in [5.41, 5.74) is -0.618. The Kier molecular flexibility index (Phi) is 5.55. The van der Waals surface area contributed by atoms with Crippen LogP contribution in [0.4, 0.5) is 31.8 Å². The van der Waals surface area contributed by atoms with E-state index in [4.69, 9.17) is 0 Å². The van der Waals surface area contributed by atoms with E-state index < -0.39 is 16.6 Å². The van der Waals surface area contributed by atoms with Crippen molar-refractivity contribution in [3.63, 3.8) is 0 Å². The highest BCUT2D eigenvalue weighted by atomic mass is 19.1. The summed E-state index contributed by atoms with van der Waals surface area (Å²) in [5.74, 6) is -1.51. The van der Waals surface area contributed by atoms with Gasteiger partial charge in [-0.15, -0.1) is 0 Å². The maximum Gasteiger partial charge on any atom is 0.353 e. The van der Waals surface area contributed by atoms with E-state index in [0.29, 0.717) is 0 Å². The van der Waals surface area contributed by atoms with Gasteiger partial charge >= 0.3 is 5.69 Å². The number of anilines is 3. The SMILES string of the molecule is O=[N+]([O-])c1c(Nc2cc(F)ccc2F)ncnc1NC1CCCCCC1. The van der Waals surface area contributed by atoms with Gasteiger partial charge in [-0.1, -0.05) is 25.7 Å². The number of rotatable bonds is 5. The van der Waals surface area contributed by atoms with Gasteiger partial charge in [0.05, 0.1) is 10.6 Å². The average Bonchev–Trinajstić information content (AvgIpc) is 2.87. The molecule has 2 aromatic rings. The Balaban J connectivity index is 1.90. The highest BCUT2D eigenvalue weighted by Gasteiger charge is 2.26. The van der Waals surface area contributed by atoms with E-state index in [-0.39, 0.29) is 29.1 Å². The van der Waals surface area contributed by atoms with Crippen LogP contribution < -0.4 is 10.6 Å². The van der Waals surface area contributed by atoms with Crippen molar-refractivity contribution in [1.82, 2.24) is 9.97 Å². The first-order chi connectivity index (χ1) is 12.5. The Morgan fingerprint density at radius 2 is 1.77 bits per heavy atom. The molecule has 26 heavy (non-hydrogen) atoms. The van der Waals surface area contributed by atoms with Crippen molar-refractivity contribution in [1.29, 1.82) is 0 Å². The lowest BCUT2D eigenvalue weighted by molar-refractivity contribution is -0.383. The van der Waals surface area contributed by atoms with Crippen molar-refractivity contribution in [2.75, 3.05) is 10.6 Å². The number of nitro groups is 1. The quantitative estimate of drug-likeness (QED) is 0.460. The van der Waals surface area contributed by atoms with Crippen LogP contribution in [0.3, 0.4) is 0 Å². The Labute approximate surface area is 149 Å². The van der Waals surface area contributed by atoms with Crippen LogP contribution in [0.25, 0.3) is 0 Å². The second kappa shape index (κ2) is 8.03. The maximum absolute atomic E-state index is 13.8. The molecule has 138 valence electrons. The molecule has 0 amide bonds. The smallest absolute Gasteiger partial charge is 0.353 e. The molecule has 1 saturated carbocycles. The molecule has 0 spiro atoms. The van der Waals surface area contributed by atoms with Crippen LogP contribution in [-0.4, -0.2) is 20.9 Å². The zero-order chi connectivity index (χ0) is 18.5. The van der Waals surface area contributed by atoms with Gasteiger partial charge in [0, 0.05) is 12.1 Å². The van der Waals surface area contributed by atoms with Gasteiger partial charge in [0.15, 0.2) is 0 Å². The molecule has 1 aromatic heterocycles. The number of benzene rings is 1. The number of nitrogens with zero attached hydrogens (tertiary/aromatic N) is 3. The molecule has 1 heterocycles. The van der Waals surface area contributed by atoms with Gasteiger partial charge in [0.1, 0.15) is 18.0 Å². The monoisotopic (exact) mass is 363 g/mol. The van der Waals surface area contributed by atoms with Gasteiger partial charge in [0.25, 0.3) is 0 Å². The van der Waals surface area contributed by atoms with E-state index in [9.17, 15) is 18.9 Å². The van der Waals surface area contributed by atoms with Gasteiger partial charge in [-0.05, 0) is 25.0 Å². The summed E-state index contributed by atoms with van der Waals surface area (Å²) in [7, 11) is 0. The molecule has 3 rings (SSSR count). The summed E-state index contributed by atoms with van der Waals surface area (Å²) < 4.78 is 27.2. The predicted octanol–water partition coefficient (Wildman–Crippen LogP) is 4.54. The zero-order valence-electron chi connectivity index (χ0n) is 14.0. The molecule has 1 aliphatic carbocycles. The molecular weight excluding hydrogens is 344 g/mol. The molecule has 0 unspecified atom stereocenters. The first-order valence-electron chi connectivity index (χ1n) is 8.52. The van der Waals surface area contributed by atoms with Crippen LogP contribution in [0.5, 0.6) is 0 Å². The van der Waals surface area contributed by atoms with E-state index in [1.807, 2.05) is 0 Å². The highest BCUT2D eigenvalue weighted by Crippen LogP contribution is 2.33. The van der Waals surface area contributed by atoms with E-state index in [1.165, 1.54) is 0 Å². The molecule has 0 saturated heterocycles. The molecule has 0 bridgehead atoms. The van der Waals surface area contributed by atoms with Crippen LogP contribution in [0.15, 0.2) is 24.5 Å². The Morgan fingerprint density at radius 3 is 2.46 bits per heavy atom. The molecular formula is C17H19F2N5O2. The average molecular weight is 363 g/mol. The summed E-state index contributed by atoms with van der Waals surface area (Å²) >= 11 is 0. The van der Waals surface area contributed by atoms with E-state index in [0.717, 1.165) is 63.1 Å². The van der Waals surface area contributed by atoms with E-state index in [2.05, 4.69) is 20.6 Å². The number of aromatic nitrogens is 2. The largest absolute Gasteiger partial charge is 0.361 e. The van der Waals surface area contributed by atoms with Crippen molar-refractivity contribution >= 4 is 23.0 Å². The van der Waals surface area contributed by atoms with Gasteiger partial charge in [0.2, 0.25) is 11.6 Å². The van der Waals surface area contributed by atoms with Gasteiger partial charge < -0.3 is 10.6 Å². The lowest BCUT2D eigenvalue weighted by Gasteiger charge is -2.17. The molecule has 0 aliphatic heterocycles. The summed E-state index contributed by atoms with van der Waals surface area (Å²) in [4.78, 5) is 18.8. The van der Waals surface area contributed by atoms with Crippen LogP contribution in [-0.2, 0) is 0 Å². The molecule has 2 N–H and O–H groups in total. The van der Waals surface area contributed by atoms with Gasteiger partial charge in [-0.25, -0.2) is 18.7 Å². The second-order valence-corrected chi connectivity index (χ2v) is 6.26. The molecule has 1 aliphatic rings. The highest BCUT2D eigenvalue weighted by molar-refractivity contribution is 5.74. The molecule has 1 aromatic carbocycles. The number of hydrogen-bond donors (Lipinski definition) is 2.